The highest BCUT2D eigenvalue weighted by Gasteiger charge is 2.17. The number of halogens is 2. The lowest BCUT2D eigenvalue weighted by Gasteiger charge is -2.13. The highest BCUT2D eigenvalue weighted by atomic mass is 79.9. The van der Waals surface area contributed by atoms with E-state index in [0.29, 0.717) is 6.54 Å². The summed E-state index contributed by atoms with van der Waals surface area (Å²) in [5.74, 6) is 0. The molecule has 0 aliphatic rings. The fraction of sp³-hybridized carbons (Fsp3) is 0.357. The number of hydrogen-bond donors (Lipinski definition) is 1. The third-order valence-corrected chi connectivity index (χ3v) is 4.79. The van der Waals surface area contributed by atoms with Crippen LogP contribution in [0.1, 0.15) is 31.5 Å². The van der Waals surface area contributed by atoms with Gasteiger partial charge in [-0.1, -0.05) is 32.4 Å². The van der Waals surface area contributed by atoms with E-state index in [9.17, 15) is 0 Å². The predicted molar refractivity (Wildman–Crippen MR) is 87.3 cm³/mol. The molecule has 0 spiro atoms. The molecule has 1 heterocycles. The number of aromatic nitrogens is 1. The van der Waals surface area contributed by atoms with Gasteiger partial charge in [0, 0.05) is 26.0 Å². The molecule has 0 bridgehead atoms. The van der Waals surface area contributed by atoms with E-state index in [1.807, 2.05) is 18.2 Å². The minimum absolute atomic E-state index is 0.115. The largest absolute Gasteiger partial charge is 0.378 e. The topological polar surface area (TPSA) is 24.9 Å². The van der Waals surface area contributed by atoms with E-state index in [2.05, 4.69) is 52.4 Å². The average molecular weight is 360 g/mol. The zero-order chi connectivity index (χ0) is 14.0. The van der Waals surface area contributed by atoms with Gasteiger partial charge in [-0.2, -0.15) is 0 Å². The maximum Gasteiger partial charge on any atom is 0.0982 e. The minimum atomic E-state index is 0.115. The van der Waals surface area contributed by atoms with Crippen LogP contribution >= 0.6 is 38.9 Å². The Kier molecular flexibility index (Phi) is 4.54. The van der Waals surface area contributed by atoms with Crippen molar-refractivity contribution in [2.24, 2.45) is 0 Å². The fourth-order valence-electron chi connectivity index (χ4n) is 1.55. The van der Waals surface area contributed by atoms with Crippen LogP contribution in [0.15, 0.2) is 28.1 Å². The van der Waals surface area contributed by atoms with E-state index in [0.717, 1.165) is 20.9 Å². The normalized spacial score (nSPS) is 11.6. The van der Waals surface area contributed by atoms with E-state index in [-0.39, 0.29) is 5.41 Å². The maximum absolute atomic E-state index is 5.92. The highest BCUT2D eigenvalue weighted by molar-refractivity contribution is 9.10. The molecule has 1 N–H and O–H groups in total. The van der Waals surface area contributed by atoms with Gasteiger partial charge in [-0.3, -0.25) is 0 Å². The van der Waals surface area contributed by atoms with Crippen LogP contribution in [0.25, 0.3) is 0 Å². The zero-order valence-electron chi connectivity index (χ0n) is 11.1. The van der Waals surface area contributed by atoms with Crippen molar-refractivity contribution in [1.29, 1.82) is 0 Å². The number of anilines is 1. The molecule has 19 heavy (non-hydrogen) atoms. The molecule has 0 aliphatic heterocycles. The third kappa shape index (κ3) is 3.94. The monoisotopic (exact) mass is 358 g/mol. The van der Waals surface area contributed by atoms with Crippen LogP contribution in [0.5, 0.6) is 0 Å². The van der Waals surface area contributed by atoms with Crippen LogP contribution in [0.2, 0.25) is 5.02 Å². The molecule has 0 unspecified atom stereocenters. The van der Waals surface area contributed by atoms with Gasteiger partial charge < -0.3 is 5.32 Å². The maximum atomic E-state index is 5.92. The van der Waals surface area contributed by atoms with Gasteiger partial charge in [0.2, 0.25) is 0 Å². The first-order valence-corrected chi connectivity index (χ1v) is 8.05. The molecule has 102 valence electrons. The molecule has 0 radical (unpaired) electrons. The quantitative estimate of drug-likeness (QED) is 0.786. The second-order valence-electron chi connectivity index (χ2n) is 5.37. The lowest BCUT2D eigenvalue weighted by molar-refractivity contribution is 0.583. The third-order valence-electron chi connectivity index (χ3n) is 2.58. The standard InChI is InChI=1S/C14H16BrClN2S/c1-14(2,3)13-18-10(8-19-13)7-17-12-5-4-9(16)6-11(12)15/h4-6,8,17H,7H2,1-3H3. The highest BCUT2D eigenvalue weighted by Crippen LogP contribution is 2.28. The average Bonchev–Trinajstić information content (AvgIpc) is 2.76. The first-order valence-electron chi connectivity index (χ1n) is 6.00. The molecule has 5 heteroatoms. The van der Waals surface area contributed by atoms with Crippen LogP contribution in [-0.4, -0.2) is 4.98 Å². The molecule has 0 amide bonds. The van der Waals surface area contributed by atoms with Gasteiger partial charge in [-0.25, -0.2) is 4.98 Å². The Labute approximate surface area is 131 Å². The summed E-state index contributed by atoms with van der Waals surface area (Å²) in [6.07, 6.45) is 0. The van der Waals surface area contributed by atoms with Crippen molar-refractivity contribution in [2.45, 2.75) is 32.7 Å². The van der Waals surface area contributed by atoms with Crippen LogP contribution in [0, 0.1) is 0 Å². The van der Waals surface area contributed by atoms with E-state index in [1.54, 1.807) is 11.3 Å². The number of hydrogen-bond acceptors (Lipinski definition) is 3. The molecular weight excluding hydrogens is 344 g/mol. The number of nitrogens with zero attached hydrogens (tertiary/aromatic N) is 1. The summed E-state index contributed by atoms with van der Waals surface area (Å²) < 4.78 is 0.964. The van der Waals surface area contributed by atoms with Gasteiger partial charge in [0.1, 0.15) is 0 Å². The predicted octanol–water partition coefficient (Wildman–Crippen LogP) is 5.47. The zero-order valence-corrected chi connectivity index (χ0v) is 14.3. The van der Waals surface area contributed by atoms with E-state index < -0.39 is 0 Å². The first kappa shape index (κ1) is 14.8. The van der Waals surface area contributed by atoms with Crippen LogP contribution in [0.3, 0.4) is 0 Å². The van der Waals surface area contributed by atoms with Crippen molar-refractivity contribution in [2.75, 3.05) is 5.32 Å². The Balaban J connectivity index is 2.04. The molecule has 0 fully saturated rings. The van der Waals surface area contributed by atoms with Crippen molar-refractivity contribution in [1.82, 2.24) is 4.98 Å². The second-order valence-corrected chi connectivity index (χ2v) is 7.52. The Bertz CT molecular complexity index is 575. The molecule has 2 aromatic rings. The molecule has 1 aromatic carbocycles. The Morgan fingerprint density at radius 2 is 2.11 bits per heavy atom. The van der Waals surface area contributed by atoms with Crippen molar-refractivity contribution in [3.63, 3.8) is 0 Å². The summed E-state index contributed by atoms with van der Waals surface area (Å²) in [6.45, 7) is 7.25. The summed E-state index contributed by atoms with van der Waals surface area (Å²) in [6, 6.07) is 5.71. The molecule has 2 rings (SSSR count). The number of benzene rings is 1. The Morgan fingerprint density at radius 3 is 2.68 bits per heavy atom. The molecule has 1 aromatic heterocycles. The summed E-state index contributed by atoms with van der Waals surface area (Å²) in [7, 11) is 0. The van der Waals surface area contributed by atoms with Gasteiger partial charge in [0.25, 0.3) is 0 Å². The van der Waals surface area contributed by atoms with Crippen molar-refractivity contribution in [3.8, 4) is 0 Å². The molecule has 0 saturated heterocycles. The fourth-order valence-corrected chi connectivity index (χ4v) is 3.28. The number of rotatable bonds is 3. The molecule has 0 atom stereocenters. The lowest BCUT2D eigenvalue weighted by atomic mass is 9.98. The number of thiazole rings is 1. The lowest BCUT2D eigenvalue weighted by Crippen LogP contribution is -2.11. The summed E-state index contributed by atoms with van der Waals surface area (Å²) in [5, 5.41) is 7.36. The number of nitrogens with one attached hydrogen (secondary N) is 1. The summed E-state index contributed by atoms with van der Waals surface area (Å²) >= 11 is 11.1. The van der Waals surface area contributed by atoms with E-state index in [1.165, 1.54) is 5.01 Å². The molecule has 0 saturated carbocycles. The smallest absolute Gasteiger partial charge is 0.0982 e. The molecule has 0 aliphatic carbocycles. The van der Waals surface area contributed by atoms with Gasteiger partial charge in [-0.05, 0) is 34.1 Å². The summed E-state index contributed by atoms with van der Waals surface area (Å²) in [5.41, 5.74) is 2.20. The Hall–Kier alpha value is -0.580. The SMILES string of the molecule is CC(C)(C)c1nc(CNc2ccc(Cl)cc2Br)cs1. The second kappa shape index (κ2) is 5.81. The van der Waals surface area contributed by atoms with Gasteiger partial charge >= 0.3 is 0 Å². The minimum Gasteiger partial charge on any atom is -0.378 e. The van der Waals surface area contributed by atoms with Gasteiger partial charge in [0.15, 0.2) is 0 Å². The van der Waals surface area contributed by atoms with E-state index >= 15 is 0 Å². The van der Waals surface area contributed by atoms with Crippen molar-refractivity contribution >= 4 is 44.6 Å². The van der Waals surface area contributed by atoms with Gasteiger partial charge in [-0.15, -0.1) is 11.3 Å². The van der Waals surface area contributed by atoms with Crippen LogP contribution < -0.4 is 5.32 Å². The van der Waals surface area contributed by atoms with Crippen molar-refractivity contribution < 1.29 is 0 Å². The molecule has 2 nitrogen and oxygen atoms in total. The molecular formula is C14H16BrClN2S. The van der Waals surface area contributed by atoms with Crippen LogP contribution in [0.4, 0.5) is 5.69 Å². The first-order chi connectivity index (χ1) is 8.86. The van der Waals surface area contributed by atoms with Crippen LogP contribution in [-0.2, 0) is 12.0 Å². The van der Waals surface area contributed by atoms with Crippen molar-refractivity contribution in [3.05, 3.63) is 43.8 Å². The van der Waals surface area contributed by atoms with E-state index in [4.69, 9.17) is 11.6 Å². The van der Waals surface area contributed by atoms with Gasteiger partial charge in [0.05, 0.1) is 17.2 Å². The Morgan fingerprint density at radius 1 is 1.37 bits per heavy atom. The summed E-state index contributed by atoms with van der Waals surface area (Å²) in [4.78, 5) is 4.66.